The maximum absolute atomic E-state index is 16.2. The van der Waals surface area contributed by atoms with Gasteiger partial charge in [-0.3, -0.25) is 23.7 Å². The third-order valence-corrected chi connectivity index (χ3v) is 7.15. The molecule has 2 aromatic rings. The number of alkyl halides is 1. The van der Waals surface area contributed by atoms with Crippen molar-refractivity contribution in [3.63, 3.8) is 0 Å². The first kappa shape index (κ1) is 30.2. The number of H-pyrrole nitrogens is 1. The van der Waals surface area contributed by atoms with Crippen molar-refractivity contribution in [2.45, 2.75) is 56.6 Å². The van der Waals surface area contributed by atoms with Crippen molar-refractivity contribution in [2.24, 2.45) is 5.73 Å². The number of aromatic amines is 1. The summed E-state index contributed by atoms with van der Waals surface area (Å²) in [6.07, 6.45) is -2.43. The Morgan fingerprint density at radius 3 is 2.62 bits per heavy atom. The minimum Gasteiger partial charge on any atom is -0.462 e. The Balaban J connectivity index is 1.93. The van der Waals surface area contributed by atoms with Gasteiger partial charge in [-0.2, -0.15) is 5.09 Å². The predicted molar refractivity (Wildman–Crippen MR) is 136 cm³/mol. The molecular formula is C24H30FN4O9P. The minimum absolute atomic E-state index is 0.0546. The third-order valence-electron chi connectivity index (χ3n) is 5.53. The van der Waals surface area contributed by atoms with Crippen LogP contribution in [0.3, 0.4) is 0 Å². The van der Waals surface area contributed by atoms with Crippen molar-refractivity contribution in [3.8, 4) is 5.75 Å². The highest BCUT2D eigenvalue weighted by molar-refractivity contribution is 7.52. The van der Waals surface area contributed by atoms with Crippen molar-refractivity contribution in [2.75, 3.05) is 6.61 Å². The largest absolute Gasteiger partial charge is 0.462 e. The monoisotopic (exact) mass is 568 g/mol. The number of aliphatic hydroxyl groups excluding tert-OH is 1. The number of ether oxygens (including phenoxy) is 2. The molecule has 15 heteroatoms. The predicted octanol–water partition coefficient (Wildman–Crippen LogP) is 1.26. The van der Waals surface area contributed by atoms with Gasteiger partial charge in [0.1, 0.15) is 30.0 Å². The van der Waals surface area contributed by atoms with Gasteiger partial charge in [0.2, 0.25) is 0 Å². The number of nitrogens with zero attached hydrogens (tertiary/aromatic N) is 1. The fourth-order valence-corrected chi connectivity index (χ4v) is 5.22. The molecule has 2 heterocycles. The molecule has 212 valence electrons. The van der Waals surface area contributed by atoms with Gasteiger partial charge in [0.25, 0.3) is 11.4 Å². The smallest absolute Gasteiger partial charge is 0.459 e. The maximum Gasteiger partial charge on any atom is 0.459 e. The Kier molecular flexibility index (Phi) is 9.14. The normalized spacial score (nSPS) is 26.8. The molecule has 0 radical (unpaired) electrons. The number of aliphatic hydroxyl groups is 1. The summed E-state index contributed by atoms with van der Waals surface area (Å²) in [6, 6.07) is 7.45. The quantitative estimate of drug-likeness (QED) is 0.174. The minimum atomic E-state index is -4.56. The Hall–Kier alpha value is -3.35. The molecule has 0 spiro atoms. The first-order chi connectivity index (χ1) is 18.2. The molecule has 0 saturated carbocycles. The number of hydrogen-bond acceptors (Lipinski definition) is 10. The van der Waals surface area contributed by atoms with Crippen molar-refractivity contribution < 1.29 is 37.4 Å². The number of para-hydroxylation sites is 1. The lowest BCUT2D eigenvalue weighted by atomic mass is 9.90. The van der Waals surface area contributed by atoms with E-state index >= 15 is 4.39 Å². The molecule has 1 aromatic heterocycles. The second kappa shape index (κ2) is 11.8. The molecule has 3 rings (SSSR count). The third kappa shape index (κ3) is 6.81. The van der Waals surface area contributed by atoms with Crippen LogP contribution in [0.25, 0.3) is 0 Å². The van der Waals surface area contributed by atoms with Crippen LogP contribution in [0.2, 0.25) is 0 Å². The van der Waals surface area contributed by atoms with Gasteiger partial charge in [-0.05, 0) is 39.0 Å². The van der Waals surface area contributed by atoms with Crippen LogP contribution < -0.4 is 26.6 Å². The van der Waals surface area contributed by atoms with Gasteiger partial charge in [0.05, 0.1) is 6.10 Å². The summed E-state index contributed by atoms with van der Waals surface area (Å²) < 4.78 is 51.9. The highest BCUT2D eigenvalue weighted by Crippen LogP contribution is 2.50. The van der Waals surface area contributed by atoms with Crippen LogP contribution in [-0.2, 0) is 23.4 Å². The second-order valence-corrected chi connectivity index (χ2v) is 10.7. The fourth-order valence-electron chi connectivity index (χ4n) is 3.72. The number of carbonyl (C=O) groups excluding carboxylic acids is 1. The molecule has 0 bridgehead atoms. The lowest BCUT2D eigenvalue weighted by Crippen LogP contribution is -2.56. The average molecular weight is 568 g/mol. The molecular weight excluding hydrogens is 538 g/mol. The maximum atomic E-state index is 16.2. The van der Waals surface area contributed by atoms with Gasteiger partial charge in [-0.15, -0.1) is 5.73 Å². The number of hydrogen-bond donors (Lipinski definition) is 4. The number of nitrogens with one attached hydrogen (secondary N) is 2. The van der Waals surface area contributed by atoms with Crippen LogP contribution >= 0.6 is 7.75 Å². The molecule has 0 aliphatic carbocycles. The summed E-state index contributed by atoms with van der Waals surface area (Å²) in [5.74, 6) is -3.91. The zero-order valence-corrected chi connectivity index (χ0v) is 22.3. The van der Waals surface area contributed by atoms with Crippen molar-refractivity contribution in [3.05, 3.63) is 81.8 Å². The van der Waals surface area contributed by atoms with Crippen LogP contribution in [0.4, 0.5) is 4.39 Å². The van der Waals surface area contributed by atoms with Gasteiger partial charge in [-0.1, -0.05) is 24.8 Å². The van der Waals surface area contributed by atoms with E-state index in [1.165, 1.54) is 19.1 Å². The number of halogens is 1. The first-order valence-electron chi connectivity index (χ1n) is 11.7. The Morgan fingerprint density at radius 2 is 2.03 bits per heavy atom. The summed E-state index contributed by atoms with van der Waals surface area (Å²) >= 11 is 0. The summed E-state index contributed by atoms with van der Waals surface area (Å²) in [7, 11) is -4.56. The summed E-state index contributed by atoms with van der Waals surface area (Å²) in [5, 5.41) is 13.3. The van der Waals surface area contributed by atoms with E-state index in [0.29, 0.717) is 0 Å². The molecule has 1 aliphatic rings. The Labute approximate surface area is 222 Å². The SMILES string of the molecule is C=C=C[C@]1(N)[C@H](n2ccc(=O)[nH]c2=O)O[C@](F)(COP(=O)(NC(C)C(=O)OC(C)C)Oc2ccccc2)[C@H]1O. The molecule has 0 amide bonds. The molecule has 6 atom stereocenters. The van der Waals surface area contributed by atoms with Crippen molar-refractivity contribution in [1.29, 1.82) is 0 Å². The van der Waals surface area contributed by atoms with Crippen molar-refractivity contribution in [1.82, 2.24) is 14.6 Å². The fraction of sp³-hybridized carbons (Fsp3) is 0.417. The highest BCUT2D eigenvalue weighted by atomic mass is 31.2. The van der Waals surface area contributed by atoms with E-state index in [0.717, 1.165) is 22.9 Å². The Bertz CT molecular complexity index is 1390. The number of rotatable bonds is 11. The van der Waals surface area contributed by atoms with E-state index in [2.05, 4.69) is 17.4 Å². The van der Waals surface area contributed by atoms with E-state index in [4.69, 9.17) is 24.3 Å². The van der Waals surface area contributed by atoms with Crippen LogP contribution in [0.1, 0.15) is 27.0 Å². The van der Waals surface area contributed by atoms with E-state index in [1.807, 2.05) is 4.98 Å². The molecule has 1 fully saturated rings. The van der Waals surface area contributed by atoms with Crippen molar-refractivity contribution >= 4 is 13.7 Å². The standard InChI is InChI=1S/C24H30FN4O9P/c1-5-12-23(26)20(32)24(25,37-21(23)29-13-11-18(30)27-22(29)33)14-35-39(34,38-17-9-7-6-8-10-17)28-16(4)19(31)36-15(2)3/h6-13,15-16,20-21,32H,1,14,26H2,2-4H3,(H,28,34)(H,27,30,33)/t16?,20-,21+,23+,24+,39?/m0/s1. The van der Waals surface area contributed by atoms with Gasteiger partial charge in [0.15, 0.2) is 6.23 Å². The number of carbonyl (C=O) groups is 1. The summed E-state index contributed by atoms with van der Waals surface area (Å²) in [4.78, 5) is 38.2. The molecule has 1 aromatic carbocycles. The lowest BCUT2D eigenvalue weighted by molar-refractivity contribution is -0.204. The average Bonchev–Trinajstić information content (AvgIpc) is 3.05. The molecule has 39 heavy (non-hydrogen) atoms. The van der Waals surface area contributed by atoms with E-state index in [9.17, 15) is 24.1 Å². The van der Waals surface area contributed by atoms with Gasteiger partial charge in [0, 0.05) is 12.3 Å². The molecule has 5 N–H and O–H groups in total. The van der Waals surface area contributed by atoms with Gasteiger partial charge >= 0.3 is 19.4 Å². The van der Waals surface area contributed by atoms with Gasteiger partial charge in [-0.25, -0.2) is 13.8 Å². The van der Waals surface area contributed by atoms with Crippen LogP contribution in [0.15, 0.2) is 70.6 Å². The summed E-state index contributed by atoms with van der Waals surface area (Å²) in [5.41, 5.74) is 4.69. The molecule has 13 nitrogen and oxygen atoms in total. The molecule has 2 unspecified atom stereocenters. The topological polar surface area (TPSA) is 184 Å². The first-order valence-corrected chi connectivity index (χ1v) is 13.3. The zero-order valence-electron chi connectivity index (χ0n) is 21.4. The van der Waals surface area contributed by atoms with E-state index in [1.54, 1.807) is 32.0 Å². The Morgan fingerprint density at radius 1 is 1.36 bits per heavy atom. The van der Waals surface area contributed by atoms with Crippen LogP contribution in [0, 0.1) is 0 Å². The zero-order chi connectivity index (χ0) is 29.0. The second-order valence-electron chi connectivity index (χ2n) is 9.04. The molecule has 1 saturated heterocycles. The number of esters is 1. The number of aromatic nitrogens is 2. The van der Waals surface area contributed by atoms with Gasteiger partial charge < -0.3 is 24.8 Å². The molecule has 1 aliphatic heterocycles. The van der Waals surface area contributed by atoms with Crippen LogP contribution in [-0.4, -0.2) is 56.9 Å². The number of nitrogens with two attached hydrogens (primary N) is 1. The highest BCUT2D eigenvalue weighted by Gasteiger charge is 2.64. The van der Waals surface area contributed by atoms with Crippen LogP contribution in [0.5, 0.6) is 5.75 Å². The van der Waals surface area contributed by atoms with E-state index in [-0.39, 0.29) is 5.75 Å². The van der Waals surface area contributed by atoms with E-state index < -0.39 is 67.4 Å². The lowest BCUT2D eigenvalue weighted by Gasteiger charge is -2.30. The number of benzene rings is 1. The summed E-state index contributed by atoms with van der Waals surface area (Å²) in [6.45, 7) is 6.70.